The minimum atomic E-state index is -3.59. The number of nitrogens with one attached hydrogen (secondary N) is 2. The quantitative estimate of drug-likeness (QED) is 0.619. The third-order valence-electron chi connectivity index (χ3n) is 6.03. The first-order valence-corrected chi connectivity index (χ1v) is 12.9. The summed E-state index contributed by atoms with van der Waals surface area (Å²) < 4.78 is 27.5. The van der Waals surface area contributed by atoms with Crippen LogP contribution >= 0.6 is 0 Å². The highest BCUT2D eigenvalue weighted by atomic mass is 32.2. The van der Waals surface area contributed by atoms with E-state index in [1.807, 2.05) is 32.9 Å². The van der Waals surface area contributed by atoms with Crippen molar-refractivity contribution in [1.82, 2.24) is 14.9 Å². The normalized spacial score (nSPS) is 16.2. The van der Waals surface area contributed by atoms with E-state index in [0.29, 0.717) is 38.0 Å². The lowest BCUT2D eigenvalue weighted by atomic mass is 9.89. The summed E-state index contributed by atoms with van der Waals surface area (Å²) in [6.07, 6.45) is 1.77. The van der Waals surface area contributed by atoms with Crippen molar-refractivity contribution >= 4 is 21.8 Å². The van der Waals surface area contributed by atoms with E-state index in [1.165, 1.54) is 4.31 Å². The van der Waals surface area contributed by atoms with Crippen molar-refractivity contribution in [2.75, 3.05) is 19.6 Å². The molecule has 7 nitrogen and oxygen atoms in total. The number of hydrogen-bond donors (Lipinski definition) is 2. The van der Waals surface area contributed by atoms with Crippen molar-refractivity contribution in [3.8, 4) is 0 Å². The maximum Gasteiger partial charge on any atom is 0.251 e. The molecule has 178 valence electrons. The molecule has 1 atom stereocenters. The van der Waals surface area contributed by atoms with Gasteiger partial charge in [-0.2, -0.15) is 4.31 Å². The molecular formula is C25H33N3O4S. The van der Waals surface area contributed by atoms with Gasteiger partial charge in [-0.1, -0.05) is 42.3 Å². The summed E-state index contributed by atoms with van der Waals surface area (Å²) in [5, 5.41) is 5.80. The Hall–Kier alpha value is -2.71. The fourth-order valence-electron chi connectivity index (χ4n) is 4.08. The highest BCUT2D eigenvalue weighted by Gasteiger charge is 2.36. The molecule has 1 saturated heterocycles. The Morgan fingerprint density at radius 2 is 1.70 bits per heavy atom. The zero-order valence-corrected chi connectivity index (χ0v) is 20.3. The lowest BCUT2D eigenvalue weighted by molar-refractivity contribution is -0.124. The Kier molecular flexibility index (Phi) is 8.26. The predicted molar refractivity (Wildman–Crippen MR) is 128 cm³/mol. The second-order valence-corrected chi connectivity index (χ2v) is 10.6. The zero-order chi connectivity index (χ0) is 24.0. The SMILES string of the molecule is CCCNC(=O)C(NC(=O)c1cccc(C)c1)C1CCN(S(=O)(=O)c2ccc(C)cc2)CC1. The number of benzene rings is 2. The van der Waals surface area contributed by atoms with Crippen LogP contribution in [0.3, 0.4) is 0 Å². The van der Waals surface area contributed by atoms with Crippen molar-refractivity contribution in [3.05, 3.63) is 65.2 Å². The van der Waals surface area contributed by atoms with Gasteiger partial charge in [-0.15, -0.1) is 0 Å². The molecule has 0 radical (unpaired) electrons. The number of nitrogens with zero attached hydrogens (tertiary/aromatic N) is 1. The molecule has 0 saturated carbocycles. The Morgan fingerprint density at radius 3 is 2.30 bits per heavy atom. The van der Waals surface area contributed by atoms with Gasteiger partial charge in [0.2, 0.25) is 15.9 Å². The number of carbonyl (C=O) groups is 2. The predicted octanol–water partition coefficient (Wildman–Crippen LogP) is 3.03. The molecule has 2 N–H and O–H groups in total. The Labute approximate surface area is 196 Å². The van der Waals surface area contributed by atoms with Crippen LogP contribution in [0, 0.1) is 19.8 Å². The van der Waals surface area contributed by atoms with Gasteiger partial charge in [0, 0.05) is 25.2 Å². The summed E-state index contributed by atoms with van der Waals surface area (Å²) in [4.78, 5) is 26.1. The molecule has 2 aromatic carbocycles. The minimum absolute atomic E-state index is 0.153. The van der Waals surface area contributed by atoms with Gasteiger partial charge in [-0.05, 0) is 63.3 Å². The fourth-order valence-corrected chi connectivity index (χ4v) is 5.54. The molecule has 1 aliphatic rings. The smallest absolute Gasteiger partial charge is 0.251 e. The second kappa shape index (κ2) is 10.9. The molecule has 3 rings (SSSR count). The van der Waals surface area contributed by atoms with E-state index in [0.717, 1.165) is 17.5 Å². The average molecular weight is 472 g/mol. The van der Waals surface area contributed by atoms with Crippen LogP contribution in [0.15, 0.2) is 53.4 Å². The molecule has 33 heavy (non-hydrogen) atoms. The first-order valence-electron chi connectivity index (χ1n) is 11.4. The van der Waals surface area contributed by atoms with Crippen molar-refractivity contribution in [2.45, 2.75) is 51.0 Å². The van der Waals surface area contributed by atoms with Crippen molar-refractivity contribution in [1.29, 1.82) is 0 Å². The Morgan fingerprint density at radius 1 is 1.03 bits per heavy atom. The number of rotatable bonds is 8. The maximum absolute atomic E-state index is 13.0. The average Bonchev–Trinajstić information content (AvgIpc) is 2.81. The molecule has 0 spiro atoms. The monoisotopic (exact) mass is 471 g/mol. The van der Waals surface area contributed by atoms with E-state index in [2.05, 4.69) is 10.6 Å². The number of piperidine rings is 1. The summed E-state index contributed by atoms with van der Waals surface area (Å²) in [6, 6.07) is 13.3. The molecule has 0 aromatic heterocycles. The van der Waals surface area contributed by atoms with Crippen molar-refractivity contribution < 1.29 is 18.0 Å². The summed E-state index contributed by atoms with van der Waals surface area (Å²) in [5.74, 6) is -0.678. The maximum atomic E-state index is 13.0. The van der Waals surface area contributed by atoms with Crippen LogP contribution in [0.4, 0.5) is 0 Å². The van der Waals surface area contributed by atoms with Crippen LogP contribution in [-0.2, 0) is 14.8 Å². The van der Waals surface area contributed by atoms with Gasteiger partial charge < -0.3 is 10.6 Å². The van der Waals surface area contributed by atoms with Crippen molar-refractivity contribution in [2.24, 2.45) is 5.92 Å². The first kappa shape index (κ1) is 24.9. The third kappa shape index (κ3) is 6.21. The van der Waals surface area contributed by atoms with E-state index in [9.17, 15) is 18.0 Å². The number of aryl methyl sites for hydroxylation is 2. The van der Waals surface area contributed by atoms with Crippen LogP contribution < -0.4 is 10.6 Å². The Balaban J connectivity index is 1.72. The molecule has 1 fully saturated rings. The number of hydrogen-bond acceptors (Lipinski definition) is 4. The van der Waals surface area contributed by atoms with Crippen LogP contribution in [-0.4, -0.2) is 50.2 Å². The summed E-state index contributed by atoms with van der Waals surface area (Å²) >= 11 is 0. The summed E-state index contributed by atoms with van der Waals surface area (Å²) in [7, 11) is -3.59. The van der Waals surface area contributed by atoms with Gasteiger partial charge in [-0.25, -0.2) is 8.42 Å². The summed E-state index contributed by atoms with van der Waals surface area (Å²) in [6.45, 7) is 6.92. The molecule has 0 bridgehead atoms. The molecule has 1 unspecified atom stereocenters. The van der Waals surface area contributed by atoms with Gasteiger partial charge in [0.1, 0.15) is 6.04 Å². The lowest BCUT2D eigenvalue weighted by Gasteiger charge is -2.35. The zero-order valence-electron chi connectivity index (χ0n) is 19.5. The van der Waals surface area contributed by atoms with Gasteiger partial charge in [0.05, 0.1) is 4.90 Å². The first-order chi connectivity index (χ1) is 15.7. The largest absolute Gasteiger partial charge is 0.354 e. The molecular weight excluding hydrogens is 438 g/mol. The second-order valence-electron chi connectivity index (χ2n) is 8.67. The molecule has 1 heterocycles. The van der Waals surface area contributed by atoms with E-state index < -0.39 is 16.1 Å². The molecule has 8 heteroatoms. The van der Waals surface area contributed by atoms with E-state index >= 15 is 0 Å². The van der Waals surface area contributed by atoms with Crippen LogP contribution in [0.25, 0.3) is 0 Å². The van der Waals surface area contributed by atoms with Crippen LogP contribution in [0.5, 0.6) is 0 Å². The van der Waals surface area contributed by atoms with Crippen molar-refractivity contribution in [3.63, 3.8) is 0 Å². The van der Waals surface area contributed by atoms with Crippen LogP contribution in [0.1, 0.15) is 47.7 Å². The number of sulfonamides is 1. The molecule has 0 aliphatic carbocycles. The van der Waals surface area contributed by atoms with Gasteiger partial charge in [-0.3, -0.25) is 9.59 Å². The van der Waals surface area contributed by atoms with Gasteiger partial charge in [0.15, 0.2) is 0 Å². The topological polar surface area (TPSA) is 95.6 Å². The summed E-state index contributed by atoms with van der Waals surface area (Å²) in [5.41, 5.74) is 2.46. The van der Waals surface area contributed by atoms with Gasteiger partial charge in [0.25, 0.3) is 5.91 Å². The minimum Gasteiger partial charge on any atom is -0.354 e. The highest BCUT2D eigenvalue weighted by molar-refractivity contribution is 7.89. The lowest BCUT2D eigenvalue weighted by Crippen LogP contribution is -2.53. The van der Waals surface area contributed by atoms with Crippen LogP contribution in [0.2, 0.25) is 0 Å². The standard InChI is InChI=1S/C25H33N3O4S/c1-4-14-26-25(30)23(27-24(29)21-7-5-6-19(3)17-21)20-12-15-28(16-13-20)33(31,32)22-10-8-18(2)9-11-22/h5-11,17,20,23H,4,12-16H2,1-3H3,(H,26,30)(H,27,29). The molecule has 2 amide bonds. The molecule has 2 aromatic rings. The number of amides is 2. The third-order valence-corrected chi connectivity index (χ3v) is 7.94. The highest BCUT2D eigenvalue weighted by Crippen LogP contribution is 2.26. The van der Waals surface area contributed by atoms with Gasteiger partial charge >= 0.3 is 0 Å². The van der Waals surface area contributed by atoms with E-state index in [4.69, 9.17) is 0 Å². The van der Waals surface area contributed by atoms with E-state index in [1.54, 1.807) is 36.4 Å². The molecule has 1 aliphatic heterocycles. The fraction of sp³-hybridized carbons (Fsp3) is 0.440. The number of carbonyl (C=O) groups excluding carboxylic acids is 2. The van der Waals surface area contributed by atoms with E-state index in [-0.39, 0.29) is 22.6 Å². The Bertz CT molecular complexity index is 1080.